The number of carbonyl (C=O) groups excluding carboxylic acids is 1. The minimum absolute atomic E-state index is 0.165. The lowest BCUT2D eigenvalue weighted by atomic mass is 9.84. The molecule has 0 saturated heterocycles. The Morgan fingerprint density at radius 3 is 2.06 bits per heavy atom. The predicted molar refractivity (Wildman–Crippen MR) is 137 cm³/mol. The summed E-state index contributed by atoms with van der Waals surface area (Å²) in [5.74, 6) is 1.07. The lowest BCUT2D eigenvalue weighted by Gasteiger charge is -2.22. The van der Waals surface area contributed by atoms with Gasteiger partial charge in [0.1, 0.15) is 5.60 Å². The maximum atomic E-state index is 12.3. The van der Waals surface area contributed by atoms with Gasteiger partial charge in [0.25, 0.3) is 0 Å². The van der Waals surface area contributed by atoms with E-state index in [-0.39, 0.29) is 11.9 Å². The highest BCUT2D eigenvalue weighted by Crippen LogP contribution is 2.33. The zero-order valence-corrected chi connectivity index (χ0v) is 20.9. The monoisotopic (exact) mass is 456 g/mol. The molecule has 1 aliphatic rings. The van der Waals surface area contributed by atoms with E-state index < -0.39 is 5.60 Å². The molecule has 1 saturated carbocycles. The Kier molecular flexibility index (Phi) is 7.45. The van der Waals surface area contributed by atoms with E-state index in [4.69, 9.17) is 4.74 Å². The molecule has 0 bridgehead atoms. The van der Waals surface area contributed by atoms with Crippen molar-refractivity contribution in [2.75, 3.05) is 0 Å². The highest BCUT2D eigenvalue weighted by Gasteiger charge is 2.22. The van der Waals surface area contributed by atoms with Crippen LogP contribution in [0.5, 0.6) is 0 Å². The van der Waals surface area contributed by atoms with E-state index in [2.05, 4.69) is 34.2 Å². The minimum Gasteiger partial charge on any atom is -0.460 e. The van der Waals surface area contributed by atoms with Crippen LogP contribution in [0.1, 0.15) is 76.8 Å². The molecule has 4 heteroatoms. The van der Waals surface area contributed by atoms with Crippen LogP contribution in [0.15, 0.2) is 60.9 Å². The summed E-state index contributed by atoms with van der Waals surface area (Å²) in [6.45, 7) is 7.59. The molecule has 4 rings (SSSR count). The van der Waals surface area contributed by atoms with Gasteiger partial charge in [-0.05, 0) is 62.6 Å². The zero-order chi connectivity index (χ0) is 24.1. The first-order valence-electron chi connectivity index (χ1n) is 12.5. The molecule has 1 atom stereocenters. The number of hydrogen-bond acceptors (Lipinski definition) is 4. The largest absolute Gasteiger partial charge is 0.460 e. The summed E-state index contributed by atoms with van der Waals surface area (Å²) in [7, 11) is 0. The Morgan fingerprint density at radius 2 is 1.47 bits per heavy atom. The van der Waals surface area contributed by atoms with Gasteiger partial charge in [0, 0.05) is 23.5 Å². The van der Waals surface area contributed by atoms with E-state index in [0.29, 0.717) is 12.2 Å². The summed E-state index contributed by atoms with van der Waals surface area (Å²) in [5.41, 5.74) is 5.24. The fourth-order valence-corrected chi connectivity index (χ4v) is 4.64. The lowest BCUT2D eigenvalue weighted by Crippen LogP contribution is -2.28. The maximum absolute atomic E-state index is 12.3. The Labute approximate surface area is 203 Å². The number of ether oxygens (including phenoxy) is 1. The summed E-state index contributed by atoms with van der Waals surface area (Å²) in [5, 5.41) is 0. The van der Waals surface area contributed by atoms with E-state index in [0.717, 1.165) is 28.2 Å². The van der Waals surface area contributed by atoms with Crippen molar-refractivity contribution in [3.05, 3.63) is 72.1 Å². The van der Waals surface area contributed by atoms with Crippen molar-refractivity contribution in [1.29, 1.82) is 0 Å². The second kappa shape index (κ2) is 10.5. The molecular formula is C30H36N2O2. The second-order valence-corrected chi connectivity index (χ2v) is 10.6. The zero-order valence-electron chi connectivity index (χ0n) is 20.9. The van der Waals surface area contributed by atoms with Crippen LogP contribution < -0.4 is 0 Å². The van der Waals surface area contributed by atoms with Crippen LogP contribution in [0, 0.1) is 5.92 Å². The van der Waals surface area contributed by atoms with Gasteiger partial charge in [0.05, 0.1) is 5.92 Å². The molecule has 2 aromatic carbocycles. The molecule has 0 spiro atoms. The van der Waals surface area contributed by atoms with E-state index in [1.807, 2.05) is 64.4 Å². The van der Waals surface area contributed by atoms with Gasteiger partial charge in [-0.2, -0.15) is 0 Å². The van der Waals surface area contributed by atoms with Crippen molar-refractivity contribution in [1.82, 2.24) is 9.97 Å². The van der Waals surface area contributed by atoms with Crippen molar-refractivity contribution in [3.8, 4) is 22.5 Å². The molecule has 1 unspecified atom stereocenters. The number of esters is 1. The second-order valence-electron chi connectivity index (χ2n) is 10.6. The molecule has 0 amide bonds. The molecule has 4 nitrogen and oxygen atoms in total. The average Bonchev–Trinajstić information content (AvgIpc) is 2.84. The molecule has 1 aromatic heterocycles. The first-order chi connectivity index (χ1) is 16.3. The van der Waals surface area contributed by atoms with Gasteiger partial charge in [0.15, 0.2) is 5.82 Å². The SMILES string of the molecule is CC(Cc1ccc(-c2ncc(-c3ccc(C4CCCCC4)cc3)cn2)cc1)C(=O)OC(C)(C)C. The van der Waals surface area contributed by atoms with Gasteiger partial charge in [0.2, 0.25) is 0 Å². The summed E-state index contributed by atoms with van der Waals surface area (Å²) >= 11 is 0. The lowest BCUT2D eigenvalue weighted by molar-refractivity contribution is -0.159. The number of carbonyl (C=O) groups is 1. The van der Waals surface area contributed by atoms with Gasteiger partial charge >= 0.3 is 5.97 Å². The maximum Gasteiger partial charge on any atom is 0.309 e. The quantitative estimate of drug-likeness (QED) is 0.363. The number of aromatic nitrogens is 2. The Balaban J connectivity index is 1.38. The van der Waals surface area contributed by atoms with Crippen molar-refractivity contribution in [2.24, 2.45) is 5.92 Å². The third-order valence-corrected chi connectivity index (χ3v) is 6.54. The Bertz CT molecular complexity index is 1070. The summed E-state index contributed by atoms with van der Waals surface area (Å²) in [4.78, 5) is 21.5. The first kappa shape index (κ1) is 24.1. The predicted octanol–water partition coefficient (Wildman–Crippen LogP) is 7.38. The smallest absolute Gasteiger partial charge is 0.309 e. The highest BCUT2D eigenvalue weighted by molar-refractivity contribution is 5.73. The summed E-state index contributed by atoms with van der Waals surface area (Å²) in [6.07, 6.45) is 11.2. The van der Waals surface area contributed by atoms with Crippen molar-refractivity contribution < 1.29 is 9.53 Å². The van der Waals surface area contributed by atoms with E-state index in [1.165, 1.54) is 37.7 Å². The first-order valence-corrected chi connectivity index (χ1v) is 12.5. The number of rotatable bonds is 6. The van der Waals surface area contributed by atoms with Crippen LogP contribution in [0.3, 0.4) is 0 Å². The molecule has 3 aromatic rings. The van der Waals surface area contributed by atoms with Gasteiger partial charge < -0.3 is 4.74 Å². The van der Waals surface area contributed by atoms with Gasteiger partial charge in [-0.25, -0.2) is 9.97 Å². The Hall–Kier alpha value is -3.01. The number of hydrogen-bond donors (Lipinski definition) is 0. The molecule has 178 valence electrons. The van der Waals surface area contributed by atoms with Crippen molar-refractivity contribution in [2.45, 2.75) is 77.7 Å². The molecule has 1 aliphatic carbocycles. The van der Waals surface area contributed by atoms with Crippen molar-refractivity contribution >= 4 is 5.97 Å². The average molecular weight is 457 g/mol. The van der Waals surface area contributed by atoms with Gasteiger partial charge in [-0.15, -0.1) is 0 Å². The topological polar surface area (TPSA) is 52.1 Å². The molecule has 34 heavy (non-hydrogen) atoms. The Morgan fingerprint density at radius 1 is 0.882 bits per heavy atom. The molecule has 0 N–H and O–H groups in total. The van der Waals surface area contributed by atoms with Crippen LogP contribution >= 0.6 is 0 Å². The highest BCUT2D eigenvalue weighted by atomic mass is 16.6. The van der Waals surface area contributed by atoms with Crippen LogP contribution in [0.25, 0.3) is 22.5 Å². The van der Waals surface area contributed by atoms with Crippen LogP contribution in [-0.4, -0.2) is 21.5 Å². The number of benzene rings is 2. The molecular weight excluding hydrogens is 420 g/mol. The molecule has 0 radical (unpaired) electrons. The van der Waals surface area contributed by atoms with Crippen LogP contribution in [0.2, 0.25) is 0 Å². The van der Waals surface area contributed by atoms with E-state index >= 15 is 0 Å². The van der Waals surface area contributed by atoms with Crippen molar-refractivity contribution in [3.63, 3.8) is 0 Å². The third-order valence-electron chi connectivity index (χ3n) is 6.54. The normalized spacial score (nSPS) is 15.6. The molecule has 0 aliphatic heterocycles. The van der Waals surface area contributed by atoms with E-state index in [1.54, 1.807) is 0 Å². The van der Waals surface area contributed by atoms with Crippen LogP contribution in [0.4, 0.5) is 0 Å². The molecule has 1 heterocycles. The fourth-order valence-electron chi connectivity index (χ4n) is 4.64. The standard InChI is InChI=1S/C30H36N2O2/c1-21(29(33)34-30(2,3)4)18-22-10-12-26(13-11-22)28-31-19-27(20-32-28)25-16-14-24(15-17-25)23-8-6-5-7-9-23/h10-17,19-21,23H,5-9,18H2,1-4H3. The van der Waals surface area contributed by atoms with Crippen LogP contribution in [-0.2, 0) is 16.0 Å². The minimum atomic E-state index is -0.462. The fraction of sp³-hybridized carbons (Fsp3) is 0.433. The summed E-state index contributed by atoms with van der Waals surface area (Å²) in [6, 6.07) is 17.1. The van der Waals surface area contributed by atoms with E-state index in [9.17, 15) is 4.79 Å². The third kappa shape index (κ3) is 6.31. The summed E-state index contributed by atoms with van der Waals surface area (Å²) < 4.78 is 5.49. The molecule has 1 fully saturated rings. The number of nitrogens with zero attached hydrogens (tertiary/aromatic N) is 2. The van der Waals surface area contributed by atoms with Gasteiger partial charge in [-0.3, -0.25) is 4.79 Å². The van der Waals surface area contributed by atoms with Gasteiger partial charge in [-0.1, -0.05) is 74.7 Å².